The summed E-state index contributed by atoms with van der Waals surface area (Å²) in [5.41, 5.74) is 1.20. The van der Waals surface area contributed by atoms with Crippen LogP contribution in [0.1, 0.15) is 5.56 Å². The summed E-state index contributed by atoms with van der Waals surface area (Å²) >= 11 is 1.75. The predicted molar refractivity (Wildman–Crippen MR) is 76.3 cm³/mol. The summed E-state index contributed by atoms with van der Waals surface area (Å²) in [6, 6.07) is 12.1. The van der Waals surface area contributed by atoms with Crippen molar-refractivity contribution in [1.29, 1.82) is 0 Å². The van der Waals surface area contributed by atoms with Gasteiger partial charge >= 0.3 is 0 Å². The van der Waals surface area contributed by atoms with Crippen LogP contribution in [-0.4, -0.2) is 19.1 Å². The molecule has 3 nitrogen and oxygen atoms in total. The Morgan fingerprint density at radius 1 is 1.22 bits per heavy atom. The van der Waals surface area contributed by atoms with E-state index in [4.69, 9.17) is 4.74 Å². The molecule has 0 amide bonds. The molecule has 0 aliphatic heterocycles. The van der Waals surface area contributed by atoms with Crippen molar-refractivity contribution in [2.45, 2.75) is 10.6 Å². The molecule has 0 radical (unpaired) electrons. The van der Waals surface area contributed by atoms with Crippen LogP contribution in [0.2, 0.25) is 0 Å². The van der Waals surface area contributed by atoms with Crippen LogP contribution < -0.4 is 10.1 Å². The first-order valence-corrected chi connectivity index (χ1v) is 6.70. The van der Waals surface area contributed by atoms with Crippen molar-refractivity contribution in [3.8, 4) is 5.75 Å². The Labute approximate surface area is 112 Å². The quantitative estimate of drug-likeness (QED) is 0.835. The minimum atomic E-state index is 0.886. The van der Waals surface area contributed by atoms with Crippen LogP contribution in [0, 0.1) is 0 Å². The summed E-state index contributed by atoms with van der Waals surface area (Å²) in [7, 11) is 3.56. The number of pyridine rings is 1. The molecule has 0 saturated carbocycles. The molecular formula is C14H16N2OS. The second kappa shape index (κ2) is 6.31. The van der Waals surface area contributed by atoms with Gasteiger partial charge in [-0.1, -0.05) is 18.2 Å². The number of ether oxygens (including phenoxy) is 1. The highest BCUT2D eigenvalue weighted by Gasteiger charge is 2.03. The SMILES string of the molecule is CNc1ccc(CSc2ccccc2OC)cn1. The van der Waals surface area contributed by atoms with E-state index in [1.54, 1.807) is 18.9 Å². The monoisotopic (exact) mass is 260 g/mol. The second-order valence-corrected chi connectivity index (χ2v) is 4.76. The van der Waals surface area contributed by atoms with E-state index in [9.17, 15) is 0 Å². The van der Waals surface area contributed by atoms with E-state index in [-0.39, 0.29) is 0 Å². The van der Waals surface area contributed by atoms with Crippen LogP contribution in [-0.2, 0) is 5.75 Å². The van der Waals surface area contributed by atoms with E-state index < -0.39 is 0 Å². The van der Waals surface area contributed by atoms with Crippen molar-refractivity contribution < 1.29 is 4.74 Å². The Balaban J connectivity index is 2.02. The lowest BCUT2D eigenvalue weighted by Gasteiger charge is -2.07. The summed E-state index contributed by atoms with van der Waals surface area (Å²) in [5.74, 6) is 2.69. The zero-order valence-corrected chi connectivity index (χ0v) is 11.3. The average Bonchev–Trinajstić information content (AvgIpc) is 2.46. The molecule has 1 aromatic carbocycles. The van der Waals surface area contributed by atoms with Gasteiger partial charge < -0.3 is 10.1 Å². The number of aromatic nitrogens is 1. The Hall–Kier alpha value is -1.68. The molecule has 2 rings (SSSR count). The van der Waals surface area contributed by atoms with Gasteiger partial charge in [-0.25, -0.2) is 4.98 Å². The zero-order chi connectivity index (χ0) is 12.8. The largest absolute Gasteiger partial charge is 0.496 e. The van der Waals surface area contributed by atoms with Gasteiger partial charge in [0.1, 0.15) is 11.6 Å². The lowest BCUT2D eigenvalue weighted by Crippen LogP contribution is -1.92. The number of nitrogens with zero attached hydrogens (tertiary/aromatic N) is 1. The molecular weight excluding hydrogens is 244 g/mol. The molecule has 1 heterocycles. The first kappa shape index (κ1) is 12.8. The lowest BCUT2D eigenvalue weighted by molar-refractivity contribution is 0.405. The van der Waals surface area contributed by atoms with Crippen molar-refractivity contribution in [3.05, 3.63) is 48.2 Å². The maximum Gasteiger partial charge on any atom is 0.132 e. The van der Waals surface area contributed by atoms with E-state index in [1.165, 1.54) is 5.56 Å². The molecule has 2 aromatic rings. The van der Waals surface area contributed by atoms with E-state index in [0.717, 1.165) is 22.2 Å². The van der Waals surface area contributed by atoms with Crippen LogP contribution >= 0.6 is 11.8 Å². The number of anilines is 1. The first-order chi connectivity index (χ1) is 8.83. The molecule has 94 valence electrons. The van der Waals surface area contributed by atoms with E-state index in [1.807, 2.05) is 37.5 Å². The fourth-order valence-electron chi connectivity index (χ4n) is 1.56. The van der Waals surface area contributed by atoms with Crippen LogP contribution in [0.15, 0.2) is 47.5 Å². The normalized spacial score (nSPS) is 10.1. The third kappa shape index (κ3) is 3.17. The number of hydrogen-bond acceptors (Lipinski definition) is 4. The standard InChI is InChI=1S/C14H16N2OS/c1-15-14-8-7-11(9-16-14)10-18-13-6-4-3-5-12(13)17-2/h3-9H,10H2,1-2H3,(H,15,16). The molecule has 1 aromatic heterocycles. The third-order valence-electron chi connectivity index (χ3n) is 2.54. The molecule has 0 spiro atoms. The van der Waals surface area contributed by atoms with Crippen molar-refractivity contribution in [3.63, 3.8) is 0 Å². The topological polar surface area (TPSA) is 34.1 Å². The van der Waals surface area contributed by atoms with Gasteiger partial charge in [-0.2, -0.15) is 0 Å². The number of rotatable bonds is 5. The molecule has 0 aliphatic rings. The van der Waals surface area contributed by atoms with E-state index >= 15 is 0 Å². The maximum atomic E-state index is 5.32. The third-order valence-corrected chi connectivity index (χ3v) is 3.67. The van der Waals surface area contributed by atoms with Crippen LogP contribution in [0.25, 0.3) is 0 Å². The first-order valence-electron chi connectivity index (χ1n) is 5.72. The molecule has 0 bridgehead atoms. The summed E-state index contributed by atoms with van der Waals surface area (Å²) in [5, 5.41) is 3.01. The number of methoxy groups -OCH3 is 1. The second-order valence-electron chi connectivity index (χ2n) is 3.74. The zero-order valence-electron chi connectivity index (χ0n) is 10.5. The predicted octanol–water partition coefficient (Wildman–Crippen LogP) is 3.42. The summed E-state index contributed by atoms with van der Waals surface area (Å²) in [4.78, 5) is 5.45. The van der Waals surface area contributed by atoms with Gasteiger partial charge in [0.25, 0.3) is 0 Å². The molecule has 4 heteroatoms. The van der Waals surface area contributed by atoms with Gasteiger partial charge in [0, 0.05) is 23.9 Å². The molecule has 0 atom stereocenters. The molecule has 0 saturated heterocycles. The van der Waals surface area contributed by atoms with Gasteiger partial charge in [-0.3, -0.25) is 0 Å². The van der Waals surface area contributed by atoms with Gasteiger partial charge in [-0.15, -0.1) is 11.8 Å². The smallest absolute Gasteiger partial charge is 0.132 e. The Bertz CT molecular complexity index is 499. The fraction of sp³-hybridized carbons (Fsp3) is 0.214. The molecule has 0 unspecified atom stereocenters. The van der Waals surface area contributed by atoms with Crippen molar-refractivity contribution >= 4 is 17.6 Å². The minimum absolute atomic E-state index is 0.886. The van der Waals surface area contributed by atoms with Crippen LogP contribution in [0.5, 0.6) is 5.75 Å². The van der Waals surface area contributed by atoms with Crippen molar-refractivity contribution in [2.24, 2.45) is 0 Å². The number of thioether (sulfide) groups is 1. The summed E-state index contributed by atoms with van der Waals surface area (Å²) in [6.45, 7) is 0. The maximum absolute atomic E-state index is 5.32. The average molecular weight is 260 g/mol. The highest BCUT2D eigenvalue weighted by molar-refractivity contribution is 7.98. The van der Waals surface area contributed by atoms with Crippen molar-refractivity contribution in [2.75, 3.05) is 19.5 Å². The van der Waals surface area contributed by atoms with E-state index in [0.29, 0.717) is 0 Å². The number of hydrogen-bond donors (Lipinski definition) is 1. The van der Waals surface area contributed by atoms with Crippen LogP contribution in [0.3, 0.4) is 0 Å². The van der Waals surface area contributed by atoms with Gasteiger partial charge in [0.2, 0.25) is 0 Å². The molecule has 0 fully saturated rings. The number of para-hydroxylation sites is 1. The van der Waals surface area contributed by atoms with Crippen LogP contribution in [0.4, 0.5) is 5.82 Å². The van der Waals surface area contributed by atoms with Crippen molar-refractivity contribution in [1.82, 2.24) is 4.98 Å². The van der Waals surface area contributed by atoms with Gasteiger partial charge in [0.05, 0.1) is 7.11 Å². The minimum Gasteiger partial charge on any atom is -0.496 e. The lowest BCUT2D eigenvalue weighted by atomic mass is 10.3. The summed E-state index contributed by atoms with van der Waals surface area (Å²) < 4.78 is 5.32. The fourth-order valence-corrected chi connectivity index (χ4v) is 2.52. The highest BCUT2D eigenvalue weighted by atomic mass is 32.2. The number of benzene rings is 1. The van der Waals surface area contributed by atoms with Gasteiger partial charge in [0.15, 0.2) is 0 Å². The molecule has 18 heavy (non-hydrogen) atoms. The Kier molecular flexibility index (Phi) is 4.47. The molecule has 1 N–H and O–H groups in total. The Morgan fingerprint density at radius 3 is 2.72 bits per heavy atom. The van der Waals surface area contributed by atoms with Gasteiger partial charge in [-0.05, 0) is 23.8 Å². The van der Waals surface area contributed by atoms with E-state index in [2.05, 4.69) is 22.4 Å². The summed E-state index contributed by atoms with van der Waals surface area (Å²) in [6.07, 6.45) is 1.90. The highest BCUT2D eigenvalue weighted by Crippen LogP contribution is 2.31. The number of nitrogens with one attached hydrogen (secondary N) is 1. The molecule has 0 aliphatic carbocycles. The Morgan fingerprint density at radius 2 is 2.06 bits per heavy atom.